The fourth-order valence-electron chi connectivity index (χ4n) is 4.43. The Balaban J connectivity index is 1.46. The smallest absolute Gasteiger partial charge is 0.257 e. The highest BCUT2D eigenvalue weighted by Crippen LogP contribution is 2.33. The minimum atomic E-state index is -0.542. The zero-order valence-electron chi connectivity index (χ0n) is 19.9. The van der Waals surface area contributed by atoms with Crippen LogP contribution in [0, 0.1) is 36.9 Å². The van der Waals surface area contributed by atoms with Crippen molar-refractivity contribution in [3.8, 4) is 6.07 Å². The first-order valence-electron chi connectivity index (χ1n) is 11.7. The number of carbonyl (C=O) groups excluding carboxylic acids is 2. The Kier molecular flexibility index (Phi) is 6.94. The molecule has 1 N–H and O–H groups in total. The molecule has 4 rings (SSSR count). The van der Waals surface area contributed by atoms with Crippen molar-refractivity contribution in [2.24, 2.45) is 5.92 Å². The summed E-state index contributed by atoms with van der Waals surface area (Å²) in [5.41, 5.74) is 3.10. The van der Waals surface area contributed by atoms with Gasteiger partial charge in [0, 0.05) is 50.5 Å². The van der Waals surface area contributed by atoms with Gasteiger partial charge in [-0.1, -0.05) is 0 Å². The van der Waals surface area contributed by atoms with Crippen LogP contribution >= 0.6 is 0 Å². The quantitative estimate of drug-likeness (QED) is 0.704. The second-order valence-corrected chi connectivity index (χ2v) is 9.48. The van der Waals surface area contributed by atoms with E-state index in [1.807, 2.05) is 17.9 Å². The molecule has 1 aliphatic heterocycles. The van der Waals surface area contributed by atoms with Crippen molar-refractivity contribution < 1.29 is 14.0 Å². The lowest BCUT2D eigenvalue weighted by molar-refractivity contribution is -0.136. The molecule has 2 amide bonds. The van der Waals surface area contributed by atoms with Gasteiger partial charge in [-0.25, -0.2) is 4.39 Å². The van der Waals surface area contributed by atoms with E-state index < -0.39 is 11.7 Å². The average molecular weight is 464 g/mol. The fourth-order valence-corrected chi connectivity index (χ4v) is 4.43. The molecule has 7 nitrogen and oxygen atoms in total. The molecular weight excluding hydrogens is 433 g/mol. The lowest BCUT2D eigenvalue weighted by atomic mass is 10.0. The summed E-state index contributed by atoms with van der Waals surface area (Å²) >= 11 is 0. The minimum Gasteiger partial charge on any atom is -0.337 e. The second-order valence-electron chi connectivity index (χ2n) is 9.48. The lowest BCUT2D eigenvalue weighted by Crippen LogP contribution is -2.53. The maximum Gasteiger partial charge on any atom is 0.257 e. The summed E-state index contributed by atoms with van der Waals surface area (Å²) in [5, 5.41) is 12.3. The zero-order valence-corrected chi connectivity index (χ0v) is 19.9. The van der Waals surface area contributed by atoms with E-state index in [2.05, 4.69) is 28.2 Å². The van der Waals surface area contributed by atoms with Crippen LogP contribution < -0.4 is 5.32 Å². The first-order valence-corrected chi connectivity index (χ1v) is 11.7. The van der Waals surface area contributed by atoms with Crippen LogP contribution in [0.1, 0.15) is 58.9 Å². The summed E-state index contributed by atoms with van der Waals surface area (Å²) in [5.74, 6) is -0.189. The maximum atomic E-state index is 13.9. The maximum absolute atomic E-state index is 13.9. The number of nitriles is 1. The summed E-state index contributed by atoms with van der Waals surface area (Å²) in [7, 11) is 0. The Labute approximate surface area is 199 Å². The number of hydrogen-bond donors (Lipinski definition) is 1. The number of piperazine rings is 1. The van der Waals surface area contributed by atoms with Crippen LogP contribution in [0.4, 0.5) is 10.1 Å². The van der Waals surface area contributed by atoms with Crippen LogP contribution in [0.15, 0.2) is 24.4 Å². The van der Waals surface area contributed by atoms with E-state index in [1.54, 1.807) is 6.07 Å². The number of aryl methyl sites for hydroxylation is 1. The molecule has 8 heteroatoms. The molecule has 2 heterocycles. The van der Waals surface area contributed by atoms with Gasteiger partial charge in [-0.05, 0) is 68.9 Å². The van der Waals surface area contributed by atoms with E-state index in [-0.39, 0.29) is 23.2 Å². The predicted molar refractivity (Wildman–Crippen MR) is 127 cm³/mol. The lowest BCUT2D eigenvalue weighted by Gasteiger charge is -2.40. The third kappa shape index (κ3) is 5.42. The summed E-state index contributed by atoms with van der Waals surface area (Å²) < 4.78 is 13.9. The van der Waals surface area contributed by atoms with E-state index in [0.29, 0.717) is 36.7 Å². The number of benzene rings is 1. The van der Waals surface area contributed by atoms with Gasteiger partial charge in [-0.3, -0.25) is 19.5 Å². The van der Waals surface area contributed by atoms with Gasteiger partial charge < -0.3 is 10.2 Å². The Morgan fingerprint density at radius 1 is 1.24 bits per heavy atom. The van der Waals surface area contributed by atoms with Crippen molar-refractivity contribution in [1.82, 2.24) is 14.8 Å². The molecule has 1 aromatic heterocycles. The van der Waals surface area contributed by atoms with Gasteiger partial charge in [0.1, 0.15) is 5.82 Å². The van der Waals surface area contributed by atoms with E-state index in [1.165, 1.54) is 26.0 Å². The third-order valence-corrected chi connectivity index (χ3v) is 6.77. The molecule has 0 radical (unpaired) electrons. The number of halogens is 1. The van der Waals surface area contributed by atoms with Crippen molar-refractivity contribution >= 4 is 17.5 Å². The molecule has 1 aliphatic carbocycles. The summed E-state index contributed by atoms with van der Waals surface area (Å²) in [6.07, 6.45) is 4.34. The van der Waals surface area contributed by atoms with E-state index >= 15 is 0 Å². The van der Waals surface area contributed by atoms with Gasteiger partial charge in [0.25, 0.3) is 5.91 Å². The number of rotatable bonds is 6. The van der Waals surface area contributed by atoms with E-state index in [0.717, 1.165) is 30.3 Å². The van der Waals surface area contributed by atoms with E-state index in [9.17, 15) is 19.2 Å². The fraction of sp³-hybridized carbons (Fsp3) is 0.462. The number of nitrogens with one attached hydrogen (secondary N) is 1. The minimum absolute atomic E-state index is 0.118. The number of nitrogens with zero attached hydrogens (tertiary/aromatic N) is 4. The molecule has 2 aromatic rings. The van der Waals surface area contributed by atoms with Crippen LogP contribution in [-0.4, -0.2) is 52.3 Å². The molecule has 2 fully saturated rings. The predicted octanol–water partition coefficient (Wildman–Crippen LogP) is 3.79. The largest absolute Gasteiger partial charge is 0.337 e. The summed E-state index contributed by atoms with van der Waals surface area (Å²) in [6.45, 7) is 8.33. The van der Waals surface area contributed by atoms with Gasteiger partial charge in [0.2, 0.25) is 5.91 Å². The Morgan fingerprint density at radius 2 is 2.00 bits per heavy atom. The number of aromatic nitrogens is 1. The Morgan fingerprint density at radius 3 is 2.65 bits per heavy atom. The van der Waals surface area contributed by atoms with E-state index in [4.69, 9.17) is 0 Å². The van der Waals surface area contributed by atoms with Crippen molar-refractivity contribution in [2.75, 3.05) is 25.0 Å². The van der Waals surface area contributed by atoms with Crippen LogP contribution in [0.2, 0.25) is 0 Å². The average Bonchev–Trinajstić information content (AvgIpc) is 3.62. The standard InChI is InChI=1S/C26H30FN5O2/c1-16-14-31(6-7-32(16)25(33)10-19-4-5-19)15-22-8-20(12-28)9-24(17(22)2)30-26(34)21-11-23(27)18(3)29-13-21/h8-9,11,13,16,19H,4-7,10,14-15H2,1-3H3,(H,30,34). The highest BCUT2D eigenvalue weighted by Gasteiger charge is 2.32. The molecule has 1 saturated carbocycles. The molecule has 1 atom stereocenters. The summed E-state index contributed by atoms with van der Waals surface area (Å²) in [4.78, 5) is 33.5. The SMILES string of the molecule is Cc1ncc(C(=O)Nc2cc(C#N)cc(CN3CCN(C(=O)CC4CC4)C(C)C3)c2C)cc1F. The van der Waals surface area contributed by atoms with Crippen molar-refractivity contribution in [1.29, 1.82) is 5.26 Å². The van der Waals surface area contributed by atoms with Crippen LogP contribution in [0.25, 0.3) is 0 Å². The first kappa shape index (κ1) is 23.8. The number of anilines is 1. The Bertz CT molecular complexity index is 1150. The van der Waals surface area contributed by atoms with Gasteiger partial charge in [0.15, 0.2) is 0 Å². The molecule has 1 aromatic carbocycles. The molecule has 1 unspecified atom stereocenters. The number of carbonyl (C=O) groups is 2. The molecule has 2 aliphatic rings. The molecule has 178 valence electrons. The molecule has 0 bridgehead atoms. The highest BCUT2D eigenvalue weighted by atomic mass is 19.1. The molecule has 34 heavy (non-hydrogen) atoms. The third-order valence-electron chi connectivity index (χ3n) is 6.77. The normalized spacial score (nSPS) is 18.4. The van der Waals surface area contributed by atoms with Crippen LogP contribution in [-0.2, 0) is 11.3 Å². The molecule has 0 spiro atoms. The first-order chi connectivity index (χ1) is 16.2. The van der Waals surface area contributed by atoms with Gasteiger partial charge in [-0.15, -0.1) is 0 Å². The zero-order chi connectivity index (χ0) is 24.4. The Hall–Kier alpha value is -3.31. The van der Waals surface area contributed by atoms with Crippen molar-refractivity contribution in [3.05, 3.63) is 58.2 Å². The van der Waals surface area contributed by atoms with Crippen LogP contribution in [0.3, 0.4) is 0 Å². The number of hydrogen-bond acceptors (Lipinski definition) is 5. The van der Waals surface area contributed by atoms with Gasteiger partial charge in [-0.2, -0.15) is 5.26 Å². The highest BCUT2D eigenvalue weighted by molar-refractivity contribution is 6.04. The summed E-state index contributed by atoms with van der Waals surface area (Å²) in [6, 6.07) is 6.92. The van der Waals surface area contributed by atoms with Gasteiger partial charge >= 0.3 is 0 Å². The number of amides is 2. The second kappa shape index (κ2) is 9.90. The van der Waals surface area contributed by atoms with Crippen molar-refractivity contribution in [3.63, 3.8) is 0 Å². The topological polar surface area (TPSA) is 89.3 Å². The van der Waals surface area contributed by atoms with Crippen LogP contribution in [0.5, 0.6) is 0 Å². The molecular formula is C26H30FN5O2. The number of pyridine rings is 1. The monoisotopic (exact) mass is 463 g/mol. The molecule has 1 saturated heterocycles. The van der Waals surface area contributed by atoms with Gasteiger partial charge in [0.05, 0.1) is 22.9 Å². The van der Waals surface area contributed by atoms with Crippen molar-refractivity contribution in [2.45, 2.75) is 52.6 Å².